The fourth-order valence-corrected chi connectivity index (χ4v) is 3.08. The van der Waals surface area contributed by atoms with E-state index in [4.69, 9.17) is 17.3 Å². The first-order valence-electron chi connectivity index (χ1n) is 6.21. The summed E-state index contributed by atoms with van der Waals surface area (Å²) >= 11 is 7.55. The van der Waals surface area contributed by atoms with E-state index in [0.717, 1.165) is 32.2 Å². The molecule has 4 nitrogen and oxygen atoms in total. The quantitative estimate of drug-likeness (QED) is 0.775. The number of anilines is 1. The molecule has 0 amide bonds. The number of hydrogen-bond donors (Lipinski definition) is 2. The molecular formula is C14H13ClN4S. The van der Waals surface area contributed by atoms with E-state index in [0.29, 0.717) is 13.1 Å². The van der Waals surface area contributed by atoms with Gasteiger partial charge in [0, 0.05) is 29.1 Å². The highest BCUT2D eigenvalue weighted by Gasteiger charge is 2.12. The summed E-state index contributed by atoms with van der Waals surface area (Å²) in [7, 11) is 0. The molecule has 0 fully saturated rings. The number of nitrogens with zero attached hydrogens (tertiary/aromatic N) is 2. The molecule has 0 aliphatic heterocycles. The lowest BCUT2D eigenvalue weighted by atomic mass is 10.1. The van der Waals surface area contributed by atoms with Gasteiger partial charge in [-0.15, -0.1) is 11.3 Å². The summed E-state index contributed by atoms with van der Waals surface area (Å²) in [6, 6.07) is 7.78. The fourth-order valence-electron chi connectivity index (χ4n) is 2.04. The Morgan fingerprint density at radius 1 is 1.20 bits per heavy atom. The largest absolute Gasteiger partial charge is 0.368 e. The molecule has 0 atom stereocenters. The van der Waals surface area contributed by atoms with Crippen LogP contribution in [0.4, 0.5) is 5.82 Å². The third-order valence-electron chi connectivity index (χ3n) is 2.96. The number of fused-ring (bicyclic) bond motifs is 1. The molecular weight excluding hydrogens is 292 g/mol. The average Bonchev–Trinajstić information content (AvgIpc) is 2.90. The van der Waals surface area contributed by atoms with Crippen molar-refractivity contribution in [2.24, 2.45) is 5.73 Å². The summed E-state index contributed by atoms with van der Waals surface area (Å²) in [4.78, 5) is 9.61. The molecule has 0 saturated carbocycles. The number of halogens is 1. The van der Waals surface area contributed by atoms with Crippen LogP contribution >= 0.6 is 22.9 Å². The van der Waals surface area contributed by atoms with Crippen molar-refractivity contribution in [2.75, 3.05) is 18.4 Å². The van der Waals surface area contributed by atoms with Crippen LogP contribution in [0.1, 0.15) is 0 Å². The van der Waals surface area contributed by atoms with E-state index in [9.17, 15) is 0 Å². The summed E-state index contributed by atoms with van der Waals surface area (Å²) in [6.45, 7) is 1.24. The van der Waals surface area contributed by atoms with Crippen LogP contribution < -0.4 is 11.1 Å². The molecule has 2 aromatic heterocycles. The van der Waals surface area contributed by atoms with Gasteiger partial charge in [0.25, 0.3) is 0 Å². The van der Waals surface area contributed by atoms with Crippen molar-refractivity contribution >= 4 is 39.0 Å². The molecule has 0 aliphatic carbocycles. The molecule has 0 radical (unpaired) electrons. The number of thiophene rings is 1. The van der Waals surface area contributed by atoms with E-state index in [-0.39, 0.29) is 0 Å². The van der Waals surface area contributed by atoms with Gasteiger partial charge in [0.2, 0.25) is 0 Å². The number of nitrogens with one attached hydrogen (secondary N) is 1. The predicted octanol–water partition coefficient (Wildman–Crippen LogP) is 3.38. The molecule has 6 heteroatoms. The van der Waals surface area contributed by atoms with Crippen molar-refractivity contribution in [3.8, 4) is 11.1 Å². The summed E-state index contributed by atoms with van der Waals surface area (Å²) in [6.07, 6.45) is 1.57. The normalized spacial score (nSPS) is 10.9. The standard InChI is InChI=1S/C14H13ClN4S/c15-10-3-1-9(2-4-10)11-7-20-14-12(11)13(17-6-5-16)18-8-19-14/h1-4,7-8H,5-6,16H2,(H,17,18,19). The lowest BCUT2D eigenvalue weighted by molar-refractivity contribution is 1.01. The van der Waals surface area contributed by atoms with Crippen molar-refractivity contribution in [3.63, 3.8) is 0 Å². The maximum atomic E-state index is 5.94. The lowest BCUT2D eigenvalue weighted by Gasteiger charge is -2.07. The minimum Gasteiger partial charge on any atom is -0.368 e. The highest BCUT2D eigenvalue weighted by Crippen LogP contribution is 2.36. The van der Waals surface area contributed by atoms with E-state index >= 15 is 0 Å². The second-order valence-electron chi connectivity index (χ2n) is 4.27. The van der Waals surface area contributed by atoms with Crippen LogP contribution in [0.3, 0.4) is 0 Å². The second kappa shape index (κ2) is 5.75. The molecule has 102 valence electrons. The minimum atomic E-state index is 0.561. The first kappa shape index (κ1) is 13.3. The van der Waals surface area contributed by atoms with Gasteiger partial charge in [-0.1, -0.05) is 23.7 Å². The van der Waals surface area contributed by atoms with Crippen LogP contribution in [0.2, 0.25) is 5.02 Å². The number of benzene rings is 1. The molecule has 20 heavy (non-hydrogen) atoms. The maximum absolute atomic E-state index is 5.94. The summed E-state index contributed by atoms with van der Waals surface area (Å²) < 4.78 is 0. The van der Waals surface area contributed by atoms with E-state index < -0.39 is 0 Å². The van der Waals surface area contributed by atoms with Crippen LogP contribution in [-0.4, -0.2) is 23.1 Å². The van der Waals surface area contributed by atoms with Crippen molar-refractivity contribution in [3.05, 3.63) is 41.0 Å². The lowest BCUT2D eigenvalue weighted by Crippen LogP contribution is -2.14. The van der Waals surface area contributed by atoms with Crippen LogP contribution in [0.5, 0.6) is 0 Å². The molecule has 0 unspecified atom stereocenters. The molecule has 0 saturated heterocycles. The summed E-state index contributed by atoms with van der Waals surface area (Å²) in [5, 5.41) is 7.11. The third kappa shape index (κ3) is 2.47. The smallest absolute Gasteiger partial charge is 0.138 e. The van der Waals surface area contributed by atoms with Crippen LogP contribution in [0, 0.1) is 0 Å². The number of rotatable bonds is 4. The van der Waals surface area contributed by atoms with Gasteiger partial charge in [-0.05, 0) is 17.7 Å². The van der Waals surface area contributed by atoms with Crippen molar-refractivity contribution in [2.45, 2.75) is 0 Å². The first-order valence-corrected chi connectivity index (χ1v) is 7.47. The Bertz CT molecular complexity index is 724. The monoisotopic (exact) mass is 304 g/mol. The Kier molecular flexibility index (Phi) is 3.82. The number of hydrogen-bond acceptors (Lipinski definition) is 5. The molecule has 0 spiro atoms. The first-order chi connectivity index (χ1) is 9.79. The Labute approximate surface area is 125 Å². The Morgan fingerprint density at radius 2 is 2.00 bits per heavy atom. The Hall–Kier alpha value is -1.69. The number of nitrogens with two attached hydrogens (primary N) is 1. The zero-order chi connectivity index (χ0) is 13.9. The maximum Gasteiger partial charge on any atom is 0.138 e. The van der Waals surface area contributed by atoms with Crippen molar-refractivity contribution in [1.29, 1.82) is 0 Å². The topological polar surface area (TPSA) is 63.8 Å². The van der Waals surface area contributed by atoms with E-state index in [2.05, 4.69) is 20.7 Å². The highest BCUT2D eigenvalue weighted by atomic mass is 35.5. The molecule has 2 heterocycles. The SMILES string of the molecule is NCCNc1ncnc2scc(-c3ccc(Cl)cc3)c12. The van der Waals surface area contributed by atoms with Crippen LogP contribution in [0.15, 0.2) is 36.0 Å². The van der Waals surface area contributed by atoms with Gasteiger partial charge < -0.3 is 11.1 Å². The zero-order valence-electron chi connectivity index (χ0n) is 10.6. The molecule has 3 rings (SSSR count). The van der Waals surface area contributed by atoms with Gasteiger partial charge >= 0.3 is 0 Å². The van der Waals surface area contributed by atoms with Gasteiger partial charge in [0.1, 0.15) is 17.0 Å². The van der Waals surface area contributed by atoms with Crippen LogP contribution in [0.25, 0.3) is 21.3 Å². The summed E-state index contributed by atoms with van der Waals surface area (Å²) in [5.74, 6) is 0.826. The Balaban J connectivity index is 2.13. The van der Waals surface area contributed by atoms with Crippen molar-refractivity contribution < 1.29 is 0 Å². The predicted molar refractivity (Wildman–Crippen MR) is 85.4 cm³/mol. The van der Waals surface area contributed by atoms with E-state index in [1.807, 2.05) is 24.3 Å². The highest BCUT2D eigenvalue weighted by molar-refractivity contribution is 7.17. The number of aromatic nitrogens is 2. The van der Waals surface area contributed by atoms with Gasteiger partial charge in [0.05, 0.1) is 5.39 Å². The average molecular weight is 305 g/mol. The van der Waals surface area contributed by atoms with Gasteiger partial charge in [-0.2, -0.15) is 0 Å². The van der Waals surface area contributed by atoms with Gasteiger partial charge in [0.15, 0.2) is 0 Å². The van der Waals surface area contributed by atoms with E-state index in [1.54, 1.807) is 17.7 Å². The van der Waals surface area contributed by atoms with E-state index in [1.165, 1.54) is 0 Å². The molecule has 0 bridgehead atoms. The van der Waals surface area contributed by atoms with Crippen molar-refractivity contribution in [1.82, 2.24) is 9.97 Å². The molecule has 3 N–H and O–H groups in total. The zero-order valence-corrected chi connectivity index (χ0v) is 12.2. The van der Waals surface area contributed by atoms with Gasteiger partial charge in [-0.25, -0.2) is 9.97 Å². The molecule has 1 aromatic carbocycles. The Morgan fingerprint density at radius 3 is 2.75 bits per heavy atom. The molecule has 3 aromatic rings. The molecule has 0 aliphatic rings. The second-order valence-corrected chi connectivity index (χ2v) is 5.57. The summed E-state index contributed by atoms with van der Waals surface area (Å²) in [5.41, 5.74) is 7.76. The van der Waals surface area contributed by atoms with Crippen LogP contribution in [-0.2, 0) is 0 Å². The third-order valence-corrected chi connectivity index (χ3v) is 4.10. The minimum absolute atomic E-state index is 0.561. The van der Waals surface area contributed by atoms with Gasteiger partial charge in [-0.3, -0.25) is 0 Å². The fraction of sp³-hybridized carbons (Fsp3) is 0.143.